The number of rotatable bonds is 4. The van der Waals surface area contributed by atoms with Crippen molar-refractivity contribution in [1.82, 2.24) is 9.29 Å². The van der Waals surface area contributed by atoms with Gasteiger partial charge in [-0.15, -0.1) is 0 Å². The number of thiazole rings is 1. The van der Waals surface area contributed by atoms with Crippen LogP contribution in [0, 0.1) is 6.92 Å². The van der Waals surface area contributed by atoms with Crippen LogP contribution in [0.2, 0.25) is 0 Å². The highest BCUT2D eigenvalue weighted by Crippen LogP contribution is 2.25. The molecule has 0 amide bonds. The van der Waals surface area contributed by atoms with Crippen molar-refractivity contribution in [2.24, 2.45) is 0 Å². The van der Waals surface area contributed by atoms with Gasteiger partial charge >= 0.3 is 5.97 Å². The smallest absolute Gasteiger partial charge is 0.350 e. The molecule has 0 bridgehead atoms. The van der Waals surface area contributed by atoms with Crippen LogP contribution in [0.1, 0.15) is 28.2 Å². The van der Waals surface area contributed by atoms with E-state index in [1.54, 1.807) is 6.92 Å². The Hall–Kier alpha value is -1.19. The molecule has 0 aromatic carbocycles. The molecule has 1 unspecified atom stereocenters. The van der Waals surface area contributed by atoms with E-state index in [4.69, 9.17) is 4.74 Å². The highest BCUT2D eigenvalue weighted by atomic mass is 32.2. The van der Waals surface area contributed by atoms with Crippen LogP contribution in [0.25, 0.3) is 0 Å². The van der Waals surface area contributed by atoms with Gasteiger partial charge < -0.3 is 10.1 Å². The molecule has 1 aliphatic rings. The fourth-order valence-corrected chi connectivity index (χ4v) is 4.15. The first-order chi connectivity index (χ1) is 9.81. The Labute approximate surface area is 128 Å². The first kappa shape index (κ1) is 16.2. The van der Waals surface area contributed by atoms with Gasteiger partial charge in [-0.1, -0.05) is 11.3 Å². The molecule has 1 aromatic heterocycles. The minimum Gasteiger partial charge on any atom is -0.465 e. The predicted molar refractivity (Wildman–Crippen MR) is 81.3 cm³/mol. The highest BCUT2D eigenvalue weighted by Gasteiger charge is 2.26. The molecular weight excluding hydrogens is 314 g/mol. The topological polar surface area (TPSA) is 88.6 Å². The first-order valence-corrected chi connectivity index (χ1v) is 9.25. The quantitative estimate of drug-likeness (QED) is 0.829. The summed E-state index contributed by atoms with van der Waals surface area (Å²) in [7, 11) is -1.84. The van der Waals surface area contributed by atoms with Gasteiger partial charge in [-0.3, -0.25) is 0 Å². The summed E-state index contributed by atoms with van der Waals surface area (Å²) >= 11 is 1.23. The minimum absolute atomic E-state index is 0.00419. The van der Waals surface area contributed by atoms with Crippen molar-refractivity contribution in [3.05, 3.63) is 10.6 Å². The Balaban J connectivity index is 2.06. The molecular formula is C12H19N3O4S2. The second-order valence-corrected chi connectivity index (χ2v) is 8.01. The number of aromatic nitrogens is 1. The van der Waals surface area contributed by atoms with Gasteiger partial charge in [0.25, 0.3) is 0 Å². The molecule has 9 heteroatoms. The normalized spacial score (nSPS) is 20.2. The Kier molecular flexibility index (Phi) is 4.84. The van der Waals surface area contributed by atoms with Crippen LogP contribution in [-0.4, -0.2) is 56.2 Å². The molecule has 0 aliphatic carbocycles. The molecule has 1 aliphatic heterocycles. The van der Waals surface area contributed by atoms with Crippen molar-refractivity contribution < 1.29 is 17.9 Å². The highest BCUT2D eigenvalue weighted by molar-refractivity contribution is 7.88. The fourth-order valence-electron chi connectivity index (χ4n) is 2.28. The number of sulfonamides is 1. The second-order valence-electron chi connectivity index (χ2n) is 5.03. The van der Waals surface area contributed by atoms with Gasteiger partial charge in [0.15, 0.2) is 5.13 Å². The average Bonchev–Trinajstić information content (AvgIpc) is 2.78. The van der Waals surface area contributed by atoms with E-state index in [2.05, 4.69) is 10.3 Å². The van der Waals surface area contributed by atoms with Crippen LogP contribution in [0.15, 0.2) is 0 Å². The molecule has 2 rings (SSSR count). The van der Waals surface area contributed by atoms with E-state index in [0.29, 0.717) is 28.8 Å². The Bertz CT molecular complexity index is 626. The van der Waals surface area contributed by atoms with Crippen molar-refractivity contribution >= 4 is 32.5 Å². The van der Waals surface area contributed by atoms with Crippen LogP contribution in [0.4, 0.5) is 5.13 Å². The number of piperidine rings is 1. The maximum atomic E-state index is 11.6. The SMILES string of the molecule is COC(=O)c1sc(NC2CCCN(S(C)(=O)=O)C2)nc1C. The zero-order valence-corrected chi connectivity index (χ0v) is 13.9. The lowest BCUT2D eigenvalue weighted by Crippen LogP contribution is -2.44. The first-order valence-electron chi connectivity index (χ1n) is 6.58. The van der Waals surface area contributed by atoms with Gasteiger partial charge in [-0.05, 0) is 19.8 Å². The molecule has 7 nitrogen and oxygen atoms in total. The van der Waals surface area contributed by atoms with Gasteiger partial charge in [0.05, 0.1) is 19.1 Å². The summed E-state index contributed by atoms with van der Waals surface area (Å²) in [5.74, 6) is -0.403. The van der Waals surface area contributed by atoms with Gasteiger partial charge in [0.2, 0.25) is 10.0 Å². The monoisotopic (exact) mass is 333 g/mol. The minimum atomic E-state index is -3.17. The molecule has 1 fully saturated rings. The maximum absolute atomic E-state index is 11.6. The number of esters is 1. The van der Waals surface area contributed by atoms with Crippen LogP contribution >= 0.6 is 11.3 Å². The van der Waals surface area contributed by atoms with E-state index in [-0.39, 0.29) is 6.04 Å². The third kappa shape index (κ3) is 3.92. The molecule has 0 spiro atoms. The van der Waals surface area contributed by atoms with Crippen LogP contribution in [0.3, 0.4) is 0 Å². The van der Waals surface area contributed by atoms with Crippen molar-refractivity contribution in [2.75, 3.05) is 31.8 Å². The number of hydrogen-bond acceptors (Lipinski definition) is 7. The molecule has 1 saturated heterocycles. The maximum Gasteiger partial charge on any atom is 0.350 e. The Morgan fingerprint density at radius 1 is 1.52 bits per heavy atom. The standard InChI is InChI=1S/C12H19N3O4S2/c1-8-10(11(16)19-2)20-12(13-8)14-9-5-4-6-15(7-9)21(3,17)18/h9H,4-7H2,1-3H3,(H,13,14). The zero-order valence-electron chi connectivity index (χ0n) is 12.2. The lowest BCUT2D eigenvalue weighted by atomic mass is 10.1. The summed E-state index contributed by atoms with van der Waals surface area (Å²) in [6, 6.07) is 0.00419. The van der Waals surface area contributed by atoms with Gasteiger partial charge in [0, 0.05) is 19.1 Å². The lowest BCUT2D eigenvalue weighted by Gasteiger charge is -2.31. The molecule has 2 heterocycles. The molecule has 0 saturated carbocycles. The number of hydrogen-bond donors (Lipinski definition) is 1. The Morgan fingerprint density at radius 3 is 2.86 bits per heavy atom. The molecule has 1 aromatic rings. The van der Waals surface area contributed by atoms with Gasteiger partial charge in [-0.25, -0.2) is 22.5 Å². The lowest BCUT2D eigenvalue weighted by molar-refractivity contribution is 0.0605. The summed E-state index contributed by atoms with van der Waals surface area (Å²) in [4.78, 5) is 16.3. The molecule has 1 N–H and O–H groups in total. The van der Waals surface area contributed by atoms with E-state index in [9.17, 15) is 13.2 Å². The number of aryl methyl sites for hydroxylation is 1. The largest absolute Gasteiger partial charge is 0.465 e. The number of nitrogens with zero attached hydrogens (tertiary/aromatic N) is 2. The predicted octanol–water partition coefficient (Wildman–Crippen LogP) is 1.07. The van der Waals surface area contributed by atoms with Crippen LogP contribution in [-0.2, 0) is 14.8 Å². The summed E-state index contributed by atoms with van der Waals surface area (Å²) in [6.07, 6.45) is 2.90. The number of carbonyl (C=O) groups excluding carboxylic acids is 1. The van der Waals surface area contributed by atoms with E-state index < -0.39 is 16.0 Å². The average molecular weight is 333 g/mol. The molecule has 118 valence electrons. The second kappa shape index (κ2) is 6.29. The van der Waals surface area contributed by atoms with Gasteiger partial charge in [0.1, 0.15) is 4.88 Å². The summed E-state index contributed by atoms with van der Waals surface area (Å²) in [5.41, 5.74) is 0.616. The number of carbonyl (C=O) groups is 1. The summed E-state index contributed by atoms with van der Waals surface area (Å²) in [5, 5.41) is 3.84. The number of ether oxygens (including phenoxy) is 1. The number of anilines is 1. The van der Waals surface area contributed by atoms with Crippen molar-refractivity contribution in [2.45, 2.75) is 25.8 Å². The summed E-state index contributed by atoms with van der Waals surface area (Å²) < 4.78 is 29.4. The van der Waals surface area contributed by atoms with E-state index in [0.717, 1.165) is 12.8 Å². The van der Waals surface area contributed by atoms with Crippen molar-refractivity contribution in [3.8, 4) is 0 Å². The van der Waals surface area contributed by atoms with Gasteiger partial charge in [-0.2, -0.15) is 0 Å². The number of methoxy groups -OCH3 is 1. The Morgan fingerprint density at radius 2 is 2.24 bits per heavy atom. The van der Waals surface area contributed by atoms with E-state index in [1.807, 2.05) is 0 Å². The third-order valence-corrected chi connectivity index (χ3v) is 5.69. The van der Waals surface area contributed by atoms with Crippen molar-refractivity contribution in [3.63, 3.8) is 0 Å². The molecule has 0 radical (unpaired) electrons. The van der Waals surface area contributed by atoms with E-state index in [1.165, 1.54) is 29.0 Å². The van der Waals surface area contributed by atoms with Crippen LogP contribution in [0.5, 0.6) is 0 Å². The molecule has 1 atom stereocenters. The fraction of sp³-hybridized carbons (Fsp3) is 0.667. The number of nitrogens with one attached hydrogen (secondary N) is 1. The van der Waals surface area contributed by atoms with Crippen molar-refractivity contribution in [1.29, 1.82) is 0 Å². The van der Waals surface area contributed by atoms with Crippen LogP contribution < -0.4 is 5.32 Å². The third-order valence-electron chi connectivity index (χ3n) is 3.35. The van der Waals surface area contributed by atoms with E-state index >= 15 is 0 Å². The molecule has 21 heavy (non-hydrogen) atoms. The summed E-state index contributed by atoms with van der Waals surface area (Å²) in [6.45, 7) is 2.73. The zero-order chi connectivity index (χ0) is 15.6.